The first-order valence-electron chi connectivity index (χ1n) is 11.8. The Morgan fingerprint density at radius 2 is 1.29 bits per heavy atom. The summed E-state index contributed by atoms with van der Waals surface area (Å²) in [4.78, 5) is 4.68. The lowest BCUT2D eigenvalue weighted by Crippen LogP contribution is -1.97. The molecule has 164 valence electrons. The van der Waals surface area contributed by atoms with Gasteiger partial charge in [0.15, 0.2) is 0 Å². The molecule has 4 aromatic carbocycles. The molecule has 0 spiro atoms. The molecule has 0 atom stereocenters. The Bertz CT molecular complexity index is 1830. The molecule has 0 bridgehead atoms. The van der Waals surface area contributed by atoms with Crippen LogP contribution in [0.5, 0.6) is 0 Å². The van der Waals surface area contributed by atoms with E-state index >= 15 is 0 Å². The smallest absolute Gasteiger partial charge is 0.102 e. The fourth-order valence-electron chi connectivity index (χ4n) is 5.08. The second kappa shape index (κ2) is 7.93. The van der Waals surface area contributed by atoms with E-state index in [1.54, 1.807) is 0 Å². The summed E-state index contributed by atoms with van der Waals surface area (Å²) in [5.74, 6) is 0. The van der Waals surface area contributed by atoms with Crippen LogP contribution in [0.3, 0.4) is 0 Å². The van der Waals surface area contributed by atoms with Crippen molar-refractivity contribution in [3.8, 4) is 33.8 Å². The average Bonchev–Trinajstić information content (AvgIpc) is 3.34. The molecule has 3 heteroatoms. The molecule has 0 aliphatic rings. The summed E-state index contributed by atoms with van der Waals surface area (Å²) in [6.07, 6.45) is 1.84. The quantitative estimate of drug-likeness (QED) is 0.274. The molecular formula is C32H21N3. The lowest BCUT2D eigenvalue weighted by molar-refractivity contribution is 0.973. The minimum absolute atomic E-state index is 0.898. The van der Waals surface area contributed by atoms with Crippen molar-refractivity contribution in [3.05, 3.63) is 128 Å². The van der Waals surface area contributed by atoms with E-state index in [4.69, 9.17) is 5.10 Å². The van der Waals surface area contributed by atoms with Crippen molar-refractivity contribution < 1.29 is 0 Å². The Kier molecular flexibility index (Phi) is 4.46. The Labute approximate surface area is 202 Å². The molecule has 0 radical (unpaired) electrons. The molecule has 0 amide bonds. The maximum atomic E-state index is 5.31. The van der Waals surface area contributed by atoms with Gasteiger partial charge in [0.05, 0.1) is 16.9 Å². The average molecular weight is 448 g/mol. The molecule has 0 saturated carbocycles. The van der Waals surface area contributed by atoms with Crippen LogP contribution in [0.1, 0.15) is 0 Å². The summed E-state index contributed by atoms with van der Waals surface area (Å²) in [5, 5.41) is 10.1. The van der Waals surface area contributed by atoms with Gasteiger partial charge in [-0.3, -0.25) is 4.98 Å². The lowest BCUT2D eigenvalue weighted by Gasteiger charge is -2.10. The van der Waals surface area contributed by atoms with E-state index < -0.39 is 0 Å². The molecule has 0 aliphatic carbocycles. The fraction of sp³-hybridized carbons (Fsp3) is 0. The summed E-state index contributed by atoms with van der Waals surface area (Å²) >= 11 is 0. The van der Waals surface area contributed by atoms with Crippen LogP contribution in [0.2, 0.25) is 0 Å². The Morgan fingerprint density at radius 1 is 0.571 bits per heavy atom. The molecule has 3 aromatic heterocycles. The van der Waals surface area contributed by atoms with Crippen molar-refractivity contribution in [3.63, 3.8) is 0 Å². The predicted octanol–water partition coefficient (Wildman–Crippen LogP) is 8.04. The van der Waals surface area contributed by atoms with E-state index in [1.807, 2.05) is 24.4 Å². The molecule has 3 heterocycles. The standard InChI is InChI=1S/C32H21N3/c1-2-12-23(13-3-1)30-31(27-18-10-15-22-11-4-6-16-25(22)27)34-35-29(28-19-8-9-20-33-28)21-24-14-5-7-17-26(24)32(30)35/h1-21H. The minimum Gasteiger partial charge on any atom is -0.255 e. The molecular weight excluding hydrogens is 426 g/mol. The number of hydrogen-bond acceptors (Lipinski definition) is 2. The highest BCUT2D eigenvalue weighted by atomic mass is 15.2. The third-order valence-electron chi connectivity index (χ3n) is 6.66. The molecule has 35 heavy (non-hydrogen) atoms. The van der Waals surface area contributed by atoms with Gasteiger partial charge in [0.1, 0.15) is 5.69 Å². The summed E-state index contributed by atoms with van der Waals surface area (Å²) in [6, 6.07) is 42.3. The van der Waals surface area contributed by atoms with Crippen LogP contribution in [-0.2, 0) is 0 Å². The second-order valence-corrected chi connectivity index (χ2v) is 8.71. The second-order valence-electron chi connectivity index (χ2n) is 8.71. The van der Waals surface area contributed by atoms with E-state index in [1.165, 1.54) is 21.5 Å². The maximum absolute atomic E-state index is 5.31. The number of rotatable bonds is 3. The van der Waals surface area contributed by atoms with E-state index in [9.17, 15) is 0 Å². The normalized spacial score (nSPS) is 11.4. The van der Waals surface area contributed by atoms with Crippen LogP contribution in [0.4, 0.5) is 0 Å². The Balaban J connectivity index is 1.70. The summed E-state index contributed by atoms with van der Waals surface area (Å²) in [6.45, 7) is 0. The van der Waals surface area contributed by atoms with Gasteiger partial charge in [0.2, 0.25) is 0 Å². The van der Waals surface area contributed by atoms with Gasteiger partial charge in [-0.2, -0.15) is 5.10 Å². The number of nitrogens with zero attached hydrogens (tertiary/aromatic N) is 3. The van der Waals surface area contributed by atoms with Gasteiger partial charge in [0, 0.05) is 22.7 Å². The van der Waals surface area contributed by atoms with Gasteiger partial charge in [-0.1, -0.05) is 103 Å². The monoisotopic (exact) mass is 447 g/mol. The van der Waals surface area contributed by atoms with Crippen molar-refractivity contribution >= 4 is 27.1 Å². The van der Waals surface area contributed by atoms with Crippen LogP contribution in [0.15, 0.2) is 128 Å². The minimum atomic E-state index is 0.898. The molecule has 0 saturated heterocycles. The zero-order valence-corrected chi connectivity index (χ0v) is 19.0. The third kappa shape index (κ3) is 3.13. The lowest BCUT2D eigenvalue weighted by atomic mass is 9.94. The molecule has 0 aliphatic heterocycles. The Morgan fingerprint density at radius 3 is 2.11 bits per heavy atom. The van der Waals surface area contributed by atoms with Gasteiger partial charge in [-0.05, 0) is 39.9 Å². The van der Waals surface area contributed by atoms with E-state index in [2.05, 4.69) is 113 Å². The van der Waals surface area contributed by atoms with E-state index in [-0.39, 0.29) is 0 Å². The number of benzene rings is 4. The van der Waals surface area contributed by atoms with Gasteiger partial charge >= 0.3 is 0 Å². The zero-order valence-electron chi connectivity index (χ0n) is 19.0. The molecule has 7 aromatic rings. The highest BCUT2D eigenvalue weighted by Crippen LogP contribution is 2.42. The van der Waals surface area contributed by atoms with E-state index in [0.717, 1.165) is 39.3 Å². The van der Waals surface area contributed by atoms with Crippen molar-refractivity contribution in [2.75, 3.05) is 0 Å². The number of fused-ring (bicyclic) bond motifs is 4. The fourth-order valence-corrected chi connectivity index (χ4v) is 5.08. The van der Waals surface area contributed by atoms with Crippen LogP contribution >= 0.6 is 0 Å². The molecule has 3 nitrogen and oxygen atoms in total. The summed E-state index contributed by atoms with van der Waals surface area (Å²) in [5.41, 5.74) is 7.35. The van der Waals surface area contributed by atoms with E-state index in [0.29, 0.717) is 0 Å². The first kappa shape index (κ1) is 19.7. The summed E-state index contributed by atoms with van der Waals surface area (Å²) in [7, 11) is 0. The van der Waals surface area contributed by atoms with Gasteiger partial charge < -0.3 is 0 Å². The molecule has 0 N–H and O–H groups in total. The Hall–Kier alpha value is -4.76. The maximum Gasteiger partial charge on any atom is 0.102 e. The highest BCUT2D eigenvalue weighted by Gasteiger charge is 2.22. The van der Waals surface area contributed by atoms with Crippen molar-refractivity contribution in [1.82, 2.24) is 14.6 Å². The largest absolute Gasteiger partial charge is 0.255 e. The third-order valence-corrected chi connectivity index (χ3v) is 6.66. The van der Waals surface area contributed by atoms with Crippen LogP contribution in [0, 0.1) is 0 Å². The number of pyridine rings is 2. The first-order chi connectivity index (χ1) is 17.4. The molecule has 0 unspecified atom stereocenters. The summed E-state index contributed by atoms with van der Waals surface area (Å²) < 4.78 is 2.09. The van der Waals surface area contributed by atoms with Crippen LogP contribution in [-0.4, -0.2) is 14.6 Å². The van der Waals surface area contributed by atoms with Crippen molar-refractivity contribution in [2.45, 2.75) is 0 Å². The van der Waals surface area contributed by atoms with Gasteiger partial charge in [0.25, 0.3) is 0 Å². The topological polar surface area (TPSA) is 30.2 Å². The molecule has 7 rings (SSSR count). The predicted molar refractivity (Wildman–Crippen MR) is 144 cm³/mol. The zero-order chi connectivity index (χ0) is 23.2. The van der Waals surface area contributed by atoms with Crippen LogP contribution < -0.4 is 0 Å². The number of hydrogen-bond donors (Lipinski definition) is 0. The van der Waals surface area contributed by atoms with Crippen molar-refractivity contribution in [2.24, 2.45) is 0 Å². The first-order valence-corrected chi connectivity index (χ1v) is 11.8. The number of aromatic nitrogens is 3. The van der Waals surface area contributed by atoms with Gasteiger partial charge in [-0.15, -0.1) is 0 Å². The molecule has 0 fully saturated rings. The van der Waals surface area contributed by atoms with Gasteiger partial charge in [-0.25, -0.2) is 4.52 Å². The SMILES string of the molecule is c1ccc(-c2c(-c3cccc4ccccc34)nn3c(-c4ccccn4)cc4ccccc4c23)cc1. The highest BCUT2D eigenvalue weighted by molar-refractivity contribution is 6.10. The van der Waals surface area contributed by atoms with Crippen molar-refractivity contribution in [1.29, 1.82) is 0 Å². The van der Waals surface area contributed by atoms with Crippen LogP contribution in [0.25, 0.3) is 60.8 Å².